The van der Waals surface area contributed by atoms with Crippen molar-refractivity contribution < 1.29 is 24.0 Å². The molecule has 1 N–H and O–H groups in total. The second-order valence-electron chi connectivity index (χ2n) is 7.76. The van der Waals surface area contributed by atoms with E-state index in [1.54, 1.807) is 43.5 Å². The summed E-state index contributed by atoms with van der Waals surface area (Å²) in [6, 6.07) is 19.6. The summed E-state index contributed by atoms with van der Waals surface area (Å²) in [5, 5.41) is 14.0. The molecule has 4 aromatic rings. The molecule has 1 amide bonds. The number of anilines is 1. The quantitative estimate of drug-likeness (QED) is 0.195. The number of benzene rings is 3. The largest absolute Gasteiger partial charge is 0.497 e. The number of halogens is 1. The molecule has 0 bridgehead atoms. The molecule has 4 rings (SSSR count). The van der Waals surface area contributed by atoms with Gasteiger partial charge in [-0.05, 0) is 49.4 Å². The summed E-state index contributed by atoms with van der Waals surface area (Å²) >= 11 is 6.04. The van der Waals surface area contributed by atoms with Crippen LogP contribution in [0.2, 0.25) is 5.02 Å². The van der Waals surface area contributed by atoms with E-state index < -0.39 is 22.9 Å². The Morgan fingerprint density at radius 1 is 1.06 bits per heavy atom. The number of carbonyl (C=O) groups is 2. The zero-order valence-corrected chi connectivity index (χ0v) is 20.0. The number of ether oxygens (including phenoxy) is 2. The zero-order chi connectivity index (χ0) is 25.8. The van der Waals surface area contributed by atoms with Crippen LogP contribution in [0.5, 0.6) is 5.75 Å². The summed E-state index contributed by atoms with van der Waals surface area (Å²) in [6.45, 7) is 1.42. The van der Waals surface area contributed by atoms with Crippen LogP contribution in [0.25, 0.3) is 22.2 Å². The summed E-state index contributed by atoms with van der Waals surface area (Å²) in [5.74, 6) is -0.666. The molecule has 3 aromatic carbocycles. The molecule has 36 heavy (non-hydrogen) atoms. The van der Waals surface area contributed by atoms with Crippen LogP contribution in [0, 0.1) is 10.1 Å². The number of hydrogen-bond acceptors (Lipinski definition) is 7. The minimum atomic E-state index is -1.18. The summed E-state index contributed by atoms with van der Waals surface area (Å²) in [4.78, 5) is 40.7. The number of rotatable bonds is 7. The lowest BCUT2D eigenvalue weighted by atomic mass is 10.0. The normalized spacial score (nSPS) is 11.5. The number of nitro groups is 1. The Morgan fingerprint density at radius 3 is 2.44 bits per heavy atom. The molecular formula is C26H20ClN3O6. The Balaban J connectivity index is 1.57. The van der Waals surface area contributed by atoms with E-state index in [4.69, 9.17) is 21.1 Å². The van der Waals surface area contributed by atoms with Crippen LogP contribution in [-0.4, -0.2) is 35.0 Å². The Kier molecular flexibility index (Phi) is 7.12. The molecule has 0 aliphatic carbocycles. The van der Waals surface area contributed by atoms with Crippen molar-refractivity contribution in [3.8, 4) is 17.0 Å². The minimum absolute atomic E-state index is 0.0136. The predicted octanol–water partition coefficient (Wildman–Crippen LogP) is 5.66. The van der Waals surface area contributed by atoms with Crippen molar-refractivity contribution >= 4 is 45.8 Å². The number of pyridine rings is 1. The number of methoxy groups -OCH3 is 1. The fourth-order valence-corrected chi connectivity index (χ4v) is 3.71. The van der Waals surface area contributed by atoms with Crippen molar-refractivity contribution in [1.29, 1.82) is 0 Å². The average Bonchev–Trinajstić information content (AvgIpc) is 2.88. The maximum absolute atomic E-state index is 13.1. The van der Waals surface area contributed by atoms with E-state index in [1.807, 2.05) is 18.2 Å². The van der Waals surface area contributed by atoms with Crippen LogP contribution in [-0.2, 0) is 9.53 Å². The average molecular weight is 506 g/mol. The van der Waals surface area contributed by atoms with Gasteiger partial charge >= 0.3 is 5.97 Å². The van der Waals surface area contributed by atoms with Crippen LogP contribution in [0.3, 0.4) is 0 Å². The third-order valence-electron chi connectivity index (χ3n) is 5.40. The van der Waals surface area contributed by atoms with Crippen LogP contribution in [0.4, 0.5) is 11.4 Å². The summed E-state index contributed by atoms with van der Waals surface area (Å²) in [5.41, 5.74) is 2.11. The number of fused-ring (bicyclic) bond motifs is 1. The summed E-state index contributed by atoms with van der Waals surface area (Å²) in [7, 11) is 1.57. The summed E-state index contributed by atoms with van der Waals surface area (Å²) < 4.78 is 10.7. The van der Waals surface area contributed by atoms with Gasteiger partial charge in [-0.15, -0.1) is 0 Å². The highest BCUT2D eigenvalue weighted by molar-refractivity contribution is 6.34. The van der Waals surface area contributed by atoms with Crippen molar-refractivity contribution in [1.82, 2.24) is 4.98 Å². The van der Waals surface area contributed by atoms with Crippen molar-refractivity contribution in [3.05, 3.63) is 93.5 Å². The maximum Gasteiger partial charge on any atom is 0.339 e. The maximum atomic E-state index is 13.1. The number of nitrogens with one attached hydrogen (secondary N) is 1. The lowest BCUT2D eigenvalue weighted by Gasteiger charge is -2.15. The molecule has 182 valence electrons. The lowest BCUT2D eigenvalue weighted by Crippen LogP contribution is -2.30. The van der Waals surface area contributed by atoms with E-state index in [2.05, 4.69) is 10.3 Å². The molecule has 1 aromatic heterocycles. The standard InChI is InChI=1S/C26H20ClN3O6/c1-15(25(31)29-23-12-9-17(30(33)34)13-21(23)27)36-26(32)20-14-24(16-7-10-18(35-2)11-8-16)28-22-6-4-3-5-19(20)22/h3-15H,1-2H3,(H,29,31)/t15-/m0/s1. The van der Waals surface area contributed by atoms with Crippen molar-refractivity contribution in [2.45, 2.75) is 13.0 Å². The number of esters is 1. The first-order valence-electron chi connectivity index (χ1n) is 10.8. The fraction of sp³-hybridized carbons (Fsp3) is 0.115. The topological polar surface area (TPSA) is 121 Å². The van der Waals surface area contributed by atoms with Gasteiger partial charge in [0.05, 0.1) is 39.5 Å². The van der Waals surface area contributed by atoms with Gasteiger partial charge in [0, 0.05) is 23.1 Å². The molecule has 0 saturated carbocycles. The van der Waals surface area contributed by atoms with Crippen LogP contribution in [0.1, 0.15) is 17.3 Å². The van der Waals surface area contributed by atoms with E-state index >= 15 is 0 Å². The van der Waals surface area contributed by atoms with Crippen LogP contribution >= 0.6 is 11.6 Å². The van der Waals surface area contributed by atoms with Gasteiger partial charge in [-0.1, -0.05) is 29.8 Å². The third-order valence-corrected chi connectivity index (χ3v) is 5.71. The highest BCUT2D eigenvalue weighted by Gasteiger charge is 2.23. The highest BCUT2D eigenvalue weighted by atomic mass is 35.5. The third kappa shape index (κ3) is 5.26. The van der Waals surface area contributed by atoms with Gasteiger partial charge in [-0.25, -0.2) is 9.78 Å². The van der Waals surface area contributed by atoms with E-state index in [1.165, 1.54) is 19.1 Å². The minimum Gasteiger partial charge on any atom is -0.497 e. The van der Waals surface area contributed by atoms with E-state index in [9.17, 15) is 19.7 Å². The van der Waals surface area contributed by atoms with E-state index in [0.29, 0.717) is 22.3 Å². The molecule has 0 aliphatic rings. The first kappa shape index (κ1) is 24.6. The van der Waals surface area contributed by atoms with Crippen molar-refractivity contribution in [2.24, 2.45) is 0 Å². The number of para-hydroxylation sites is 1. The highest BCUT2D eigenvalue weighted by Crippen LogP contribution is 2.28. The Labute approximate surface area is 210 Å². The lowest BCUT2D eigenvalue weighted by molar-refractivity contribution is -0.384. The van der Waals surface area contributed by atoms with Gasteiger partial charge in [-0.2, -0.15) is 0 Å². The van der Waals surface area contributed by atoms with Gasteiger partial charge in [0.1, 0.15) is 5.75 Å². The second-order valence-corrected chi connectivity index (χ2v) is 8.17. The second kappa shape index (κ2) is 10.4. The smallest absolute Gasteiger partial charge is 0.339 e. The first-order valence-corrected chi connectivity index (χ1v) is 11.1. The molecule has 10 heteroatoms. The van der Waals surface area contributed by atoms with Crippen molar-refractivity contribution in [2.75, 3.05) is 12.4 Å². The van der Waals surface area contributed by atoms with Gasteiger partial charge in [0.25, 0.3) is 11.6 Å². The summed E-state index contributed by atoms with van der Waals surface area (Å²) in [6.07, 6.45) is -1.18. The van der Waals surface area contributed by atoms with Gasteiger partial charge < -0.3 is 14.8 Å². The monoisotopic (exact) mass is 505 g/mol. The van der Waals surface area contributed by atoms with Crippen molar-refractivity contribution in [3.63, 3.8) is 0 Å². The van der Waals surface area contributed by atoms with Gasteiger partial charge in [0.15, 0.2) is 6.10 Å². The molecule has 0 spiro atoms. The number of non-ortho nitro benzene ring substituents is 1. The van der Waals surface area contributed by atoms with E-state index in [0.717, 1.165) is 11.6 Å². The van der Waals surface area contributed by atoms with Crippen LogP contribution in [0.15, 0.2) is 72.8 Å². The van der Waals surface area contributed by atoms with E-state index in [-0.39, 0.29) is 22.0 Å². The molecule has 0 aliphatic heterocycles. The SMILES string of the molecule is COc1ccc(-c2cc(C(=O)O[C@@H](C)C(=O)Nc3ccc([N+](=O)[O-])cc3Cl)c3ccccc3n2)cc1. The molecule has 0 saturated heterocycles. The number of amides is 1. The fourth-order valence-electron chi connectivity index (χ4n) is 3.48. The number of aromatic nitrogens is 1. The molecule has 1 atom stereocenters. The van der Waals surface area contributed by atoms with Gasteiger partial charge in [0.2, 0.25) is 0 Å². The Bertz CT molecular complexity index is 1470. The Morgan fingerprint density at radius 2 is 1.78 bits per heavy atom. The molecule has 0 radical (unpaired) electrons. The number of carbonyl (C=O) groups excluding carboxylic acids is 2. The molecule has 9 nitrogen and oxygen atoms in total. The molecule has 0 fully saturated rings. The molecule has 1 heterocycles. The number of nitrogens with zero attached hydrogens (tertiary/aromatic N) is 2. The van der Waals surface area contributed by atoms with Crippen LogP contribution < -0.4 is 10.1 Å². The zero-order valence-electron chi connectivity index (χ0n) is 19.2. The predicted molar refractivity (Wildman–Crippen MR) is 135 cm³/mol. The Hall–Kier alpha value is -4.50. The first-order chi connectivity index (χ1) is 17.3. The molecule has 0 unspecified atom stereocenters. The number of nitro benzene ring substituents is 1. The van der Waals surface area contributed by atoms with Gasteiger partial charge in [-0.3, -0.25) is 14.9 Å². The molecular weight excluding hydrogens is 486 g/mol. The number of hydrogen-bond donors (Lipinski definition) is 1.